The van der Waals surface area contributed by atoms with Crippen LogP contribution in [0, 0.1) is 0 Å². The lowest BCUT2D eigenvalue weighted by molar-refractivity contribution is 0.0697. The highest BCUT2D eigenvalue weighted by Gasteiger charge is 2.06. The maximum absolute atomic E-state index is 10.9. The summed E-state index contributed by atoms with van der Waals surface area (Å²) in [4.78, 5) is 10.9. The van der Waals surface area contributed by atoms with Gasteiger partial charge >= 0.3 is 5.97 Å². The summed E-state index contributed by atoms with van der Waals surface area (Å²) in [5.41, 5.74) is 6.42. The van der Waals surface area contributed by atoms with E-state index in [2.05, 4.69) is 6.92 Å². The van der Waals surface area contributed by atoms with Crippen LogP contribution < -0.4 is 10.5 Å². The molecule has 0 amide bonds. The predicted octanol–water partition coefficient (Wildman–Crippen LogP) is 7.61. The van der Waals surface area contributed by atoms with Gasteiger partial charge in [-0.1, -0.05) is 103 Å². The summed E-state index contributed by atoms with van der Waals surface area (Å²) in [5.74, 6) is -0.392. The molecule has 0 saturated heterocycles. The first-order chi connectivity index (χ1) is 14.1. The minimum Gasteiger partial charge on any atom is -0.491 e. The van der Waals surface area contributed by atoms with Crippen molar-refractivity contribution < 1.29 is 14.6 Å². The molecule has 0 saturated carbocycles. The molecule has 0 aliphatic carbocycles. The van der Waals surface area contributed by atoms with E-state index in [1.165, 1.54) is 108 Å². The molecule has 4 nitrogen and oxygen atoms in total. The third-order valence-corrected chi connectivity index (χ3v) is 5.51. The molecule has 1 aromatic rings. The quantitative estimate of drug-likeness (QED) is 0.183. The van der Waals surface area contributed by atoms with Crippen LogP contribution in [0.5, 0.6) is 5.75 Å². The smallest absolute Gasteiger partial charge is 0.335 e. The first-order valence-corrected chi connectivity index (χ1v) is 11.9. The zero-order chi connectivity index (χ0) is 21.2. The summed E-state index contributed by atoms with van der Waals surface area (Å²) in [5, 5.41) is 8.94. The van der Waals surface area contributed by atoms with Crippen LogP contribution in [0.25, 0.3) is 0 Å². The van der Waals surface area contributed by atoms with Gasteiger partial charge in [0.05, 0.1) is 17.9 Å². The van der Waals surface area contributed by atoms with Crippen LogP contribution in [0.15, 0.2) is 18.2 Å². The summed E-state index contributed by atoms with van der Waals surface area (Å²) in [6.07, 6.45) is 21.6. The van der Waals surface area contributed by atoms with E-state index < -0.39 is 5.97 Å². The number of carbonyl (C=O) groups is 1. The Bertz CT molecular complexity index is 545. The maximum atomic E-state index is 10.9. The number of carboxylic acid groups (broad SMARTS) is 1. The van der Waals surface area contributed by atoms with E-state index in [0.717, 1.165) is 6.42 Å². The average molecular weight is 406 g/mol. The van der Waals surface area contributed by atoms with Gasteiger partial charge in [-0.15, -0.1) is 0 Å². The molecule has 0 aliphatic rings. The molecule has 0 atom stereocenters. The van der Waals surface area contributed by atoms with Gasteiger partial charge in [0.15, 0.2) is 0 Å². The number of nitrogen functional groups attached to an aromatic ring is 1. The molecule has 0 radical (unpaired) electrons. The van der Waals surface area contributed by atoms with Crippen molar-refractivity contribution in [3.05, 3.63) is 23.8 Å². The Balaban J connectivity index is 1.85. The molecular weight excluding hydrogens is 362 g/mol. The van der Waals surface area contributed by atoms with Crippen LogP contribution in [0.2, 0.25) is 0 Å². The third kappa shape index (κ3) is 13.2. The monoisotopic (exact) mass is 405 g/mol. The number of carboxylic acids is 1. The molecule has 0 spiro atoms. The largest absolute Gasteiger partial charge is 0.491 e. The first kappa shape index (κ1) is 25.3. The lowest BCUT2D eigenvalue weighted by Gasteiger charge is -2.09. The van der Waals surface area contributed by atoms with Crippen LogP contribution in [0.3, 0.4) is 0 Å². The van der Waals surface area contributed by atoms with E-state index in [0.29, 0.717) is 18.0 Å². The predicted molar refractivity (Wildman–Crippen MR) is 123 cm³/mol. The van der Waals surface area contributed by atoms with Crippen molar-refractivity contribution in [3.63, 3.8) is 0 Å². The summed E-state index contributed by atoms with van der Waals surface area (Å²) >= 11 is 0. The van der Waals surface area contributed by atoms with Crippen molar-refractivity contribution in [3.8, 4) is 5.75 Å². The van der Waals surface area contributed by atoms with Crippen molar-refractivity contribution in [1.29, 1.82) is 0 Å². The van der Waals surface area contributed by atoms with Crippen molar-refractivity contribution in [2.45, 2.75) is 110 Å². The number of unbranched alkanes of at least 4 members (excludes halogenated alkanes) is 15. The molecule has 3 N–H and O–H groups in total. The van der Waals surface area contributed by atoms with Gasteiger partial charge in [0.25, 0.3) is 0 Å². The van der Waals surface area contributed by atoms with Crippen molar-refractivity contribution >= 4 is 11.7 Å². The van der Waals surface area contributed by atoms with Gasteiger partial charge in [-0.3, -0.25) is 0 Å². The molecular formula is C25H43NO3. The summed E-state index contributed by atoms with van der Waals surface area (Å²) in [6, 6.07) is 4.62. The fourth-order valence-electron chi connectivity index (χ4n) is 3.65. The lowest BCUT2D eigenvalue weighted by Crippen LogP contribution is -2.03. The van der Waals surface area contributed by atoms with Crippen molar-refractivity contribution in [2.24, 2.45) is 0 Å². The van der Waals surface area contributed by atoms with Crippen LogP contribution in [0.1, 0.15) is 120 Å². The van der Waals surface area contributed by atoms with Gasteiger partial charge in [-0.25, -0.2) is 4.79 Å². The Kier molecular flexibility index (Phi) is 15.0. The SMILES string of the molecule is CCCCCCCCCCCCCCCCCCOc1ccc(C(=O)O)cc1N. The highest BCUT2D eigenvalue weighted by atomic mass is 16.5. The Morgan fingerprint density at radius 3 is 1.66 bits per heavy atom. The molecule has 1 rings (SSSR count). The molecule has 0 fully saturated rings. The van der Waals surface area contributed by atoms with E-state index in [1.807, 2.05) is 0 Å². The van der Waals surface area contributed by atoms with Gasteiger partial charge in [-0.05, 0) is 24.6 Å². The second-order valence-corrected chi connectivity index (χ2v) is 8.21. The first-order valence-electron chi connectivity index (χ1n) is 11.9. The molecule has 0 unspecified atom stereocenters. The molecule has 0 heterocycles. The number of hydrogen-bond donors (Lipinski definition) is 2. The molecule has 0 bridgehead atoms. The maximum Gasteiger partial charge on any atom is 0.335 e. The molecule has 1 aromatic carbocycles. The summed E-state index contributed by atoms with van der Waals surface area (Å²) < 4.78 is 5.67. The highest BCUT2D eigenvalue weighted by molar-refractivity contribution is 5.89. The molecule has 0 aromatic heterocycles. The minimum atomic E-state index is -0.971. The zero-order valence-corrected chi connectivity index (χ0v) is 18.6. The second-order valence-electron chi connectivity index (χ2n) is 8.21. The fraction of sp³-hybridized carbons (Fsp3) is 0.720. The van der Waals surface area contributed by atoms with Gasteiger partial charge in [0.1, 0.15) is 5.75 Å². The van der Waals surface area contributed by atoms with Crippen LogP contribution in [-0.4, -0.2) is 17.7 Å². The second kappa shape index (κ2) is 17.2. The van der Waals surface area contributed by atoms with E-state index >= 15 is 0 Å². The number of benzene rings is 1. The lowest BCUT2D eigenvalue weighted by atomic mass is 10.0. The molecule has 0 aliphatic heterocycles. The van der Waals surface area contributed by atoms with Gasteiger partial charge in [0, 0.05) is 0 Å². The highest BCUT2D eigenvalue weighted by Crippen LogP contribution is 2.23. The van der Waals surface area contributed by atoms with Crippen molar-refractivity contribution in [1.82, 2.24) is 0 Å². The van der Waals surface area contributed by atoms with Crippen LogP contribution in [0.4, 0.5) is 5.69 Å². The normalized spacial score (nSPS) is 10.9. The van der Waals surface area contributed by atoms with Crippen molar-refractivity contribution in [2.75, 3.05) is 12.3 Å². The van der Waals surface area contributed by atoms with Gasteiger partial charge < -0.3 is 15.6 Å². The standard InChI is InChI=1S/C25H43NO3/c1-2-3-4-5-6-7-8-9-10-11-12-13-14-15-16-17-20-29-24-19-18-22(25(27)28)21-23(24)26/h18-19,21H,2-17,20,26H2,1H3,(H,27,28). The Labute approximate surface area is 178 Å². The molecule has 166 valence electrons. The van der Waals surface area contributed by atoms with E-state index in [4.69, 9.17) is 15.6 Å². The number of aromatic carboxylic acids is 1. The Morgan fingerprint density at radius 1 is 0.793 bits per heavy atom. The zero-order valence-electron chi connectivity index (χ0n) is 18.6. The minimum absolute atomic E-state index is 0.192. The average Bonchev–Trinajstić information content (AvgIpc) is 2.71. The number of ether oxygens (including phenoxy) is 1. The Hall–Kier alpha value is -1.71. The van der Waals surface area contributed by atoms with E-state index in [9.17, 15) is 4.79 Å². The van der Waals surface area contributed by atoms with Crippen LogP contribution >= 0.6 is 0 Å². The van der Waals surface area contributed by atoms with Gasteiger partial charge in [-0.2, -0.15) is 0 Å². The topological polar surface area (TPSA) is 72.5 Å². The van der Waals surface area contributed by atoms with Gasteiger partial charge in [0.2, 0.25) is 0 Å². The summed E-state index contributed by atoms with van der Waals surface area (Å²) in [6.45, 7) is 2.91. The number of anilines is 1. The molecule has 4 heteroatoms. The fourth-order valence-corrected chi connectivity index (χ4v) is 3.65. The summed E-state index contributed by atoms with van der Waals surface area (Å²) in [7, 11) is 0. The molecule has 29 heavy (non-hydrogen) atoms. The number of rotatable bonds is 19. The van der Waals surface area contributed by atoms with E-state index in [1.54, 1.807) is 6.07 Å². The van der Waals surface area contributed by atoms with Crippen LogP contribution in [-0.2, 0) is 0 Å². The number of nitrogens with two attached hydrogens (primary N) is 1. The Morgan fingerprint density at radius 2 is 1.24 bits per heavy atom. The number of hydrogen-bond acceptors (Lipinski definition) is 3. The van der Waals surface area contributed by atoms with E-state index in [-0.39, 0.29) is 5.56 Å². The third-order valence-electron chi connectivity index (χ3n) is 5.51.